The van der Waals surface area contributed by atoms with Gasteiger partial charge in [-0.1, -0.05) is 52.9 Å². The van der Waals surface area contributed by atoms with E-state index in [0.717, 1.165) is 57.8 Å². The van der Waals surface area contributed by atoms with E-state index in [4.69, 9.17) is 0 Å². The Morgan fingerprint density at radius 1 is 0.455 bits per heavy atom. The van der Waals surface area contributed by atoms with Crippen LogP contribution in [0.25, 0.3) is 44.1 Å². The van der Waals surface area contributed by atoms with Crippen LogP contribution in [0.1, 0.15) is 114 Å². The van der Waals surface area contributed by atoms with Crippen molar-refractivity contribution < 1.29 is 57.4 Å². The van der Waals surface area contributed by atoms with Crippen LogP contribution in [-0.2, 0) is 44.9 Å². The second-order valence-corrected chi connectivity index (χ2v) is 18.7. The fraction of sp³-hybridized carbons (Fsp3) is 0.429. The van der Waals surface area contributed by atoms with Crippen LogP contribution in [0.2, 0.25) is 0 Å². The van der Waals surface area contributed by atoms with Crippen molar-refractivity contribution >= 4 is 90.0 Å². The third-order valence-corrected chi connectivity index (χ3v) is 13.2. The van der Waals surface area contributed by atoms with E-state index in [-0.39, 0.29) is 122 Å². The number of nitro benzene ring substituents is 4. The Hall–Kier alpha value is -9.24. The number of fused-ring (bicyclic) bond motifs is 4. The summed E-state index contributed by atoms with van der Waals surface area (Å²) >= 11 is 0. The molecule has 4 aromatic heterocycles. The first kappa shape index (κ1) is 55.5. The van der Waals surface area contributed by atoms with Crippen molar-refractivity contribution in [1.82, 2.24) is 41.3 Å². The molecule has 402 valence electrons. The molecule has 0 unspecified atom stereocenters. The van der Waals surface area contributed by atoms with Gasteiger partial charge in [-0.2, -0.15) is 0 Å². The normalized spacial score (nSPS) is 13.6. The Kier molecular flexibility index (Phi) is 18.3. The zero-order valence-electron chi connectivity index (χ0n) is 41.9. The summed E-state index contributed by atoms with van der Waals surface area (Å²) in [7, 11) is 0. The number of nitrogens with zero attached hydrogens (tertiary/aromatic N) is 12. The van der Waals surface area contributed by atoms with Crippen molar-refractivity contribution in [3.63, 3.8) is 0 Å². The van der Waals surface area contributed by atoms with Gasteiger partial charge in [0.15, 0.2) is 0 Å². The Morgan fingerprint density at radius 3 is 1.04 bits per heavy atom. The maximum absolute atomic E-state index is 12.3. The number of ketones is 4. The van der Waals surface area contributed by atoms with Gasteiger partial charge in [-0.25, -0.2) is 18.5 Å². The molecule has 4 aromatic carbocycles. The average Bonchev–Trinajstić information content (AvgIpc) is 4.28. The van der Waals surface area contributed by atoms with E-state index in [1.807, 2.05) is 6.92 Å². The monoisotopic (exact) mass is 1060 g/mol. The van der Waals surface area contributed by atoms with Crippen molar-refractivity contribution in [2.75, 3.05) is 0 Å². The molecule has 0 radical (unpaired) electrons. The average molecular weight is 1060 g/mol. The topological polar surface area (TPSA) is 397 Å². The van der Waals surface area contributed by atoms with Crippen molar-refractivity contribution in [3.05, 3.63) is 111 Å². The van der Waals surface area contributed by atoms with E-state index in [2.05, 4.69) is 59.8 Å². The second kappa shape index (κ2) is 25.3. The standard InChI is InChI=1S/C14H15N3O4.C13H13N3O4.2C11H11N3O4/c18-12(9-4-2-1-3-5-9)8-10-6-7-11(17(19)20)14-13(10)15-21-16-14;17-11(8-3-1-2-4-8)7-9-5-6-10(16(18)19)13-12(9)14-20-15-13;1-6(2)9(15)5-7-3-4-8(14(16)17)11-10(7)12-18-13-11;1-2-3-8(15)6-7-4-5-9(14(16)17)11-10(7)12-18-13-11/h6-7,9H,1-5,8H2;5-6,8H,1-4,7H2;3-4,6H,5H2,1-2H3;4-5H,2-3,6H2,1H3. The number of rotatable bonds is 17. The van der Waals surface area contributed by atoms with Crippen LogP contribution in [0.5, 0.6) is 0 Å². The van der Waals surface area contributed by atoms with E-state index in [1.54, 1.807) is 26.0 Å². The number of benzene rings is 4. The molecule has 8 aromatic rings. The molecule has 2 fully saturated rings. The van der Waals surface area contributed by atoms with Crippen molar-refractivity contribution in [3.8, 4) is 0 Å². The molecule has 0 aliphatic heterocycles. The van der Waals surface area contributed by atoms with Crippen LogP contribution in [0, 0.1) is 58.2 Å². The lowest BCUT2D eigenvalue weighted by molar-refractivity contribution is -0.383. The number of carbonyl (C=O) groups excluding carboxylic acids is 4. The molecule has 2 saturated carbocycles. The molecular weight excluding hydrogens is 1010 g/mol. The van der Waals surface area contributed by atoms with Crippen molar-refractivity contribution in [2.45, 2.75) is 117 Å². The van der Waals surface area contributed by atoms with E-state index < -0.39 is 19.7 Å². The Balaban J connectivity index is 0.000000149. The Bertz CT molecular complexity index is 3500. The third kappa shape index (κ3) is 13.4. The number of nitro groups is 4. The van der Waals surface area contributed by atoms with Gasteiger partial charge in [-0.15, -0.1) is 0 Å². The lowest BCUT2D eigenvalue weighted by Gasteiger charge is -2.20. The first-order valence-electron chi connectivity index (χ1n) is 24.6. The van der Waals surface area contributed by atoms with Gasteiger partial charge in [0.2, 0.25) is 22.1 Å². The van der Waals surface area contributed by atoms with E-state index in [0.29, 0.717) is 39.7 Å². The van der Waals surface area contributed by atoms with Gasteiger partial charge < -0.3 is 0 Å². The number of hydrogen-bond donors (Lipinski definition) is 0. The third-order valence-electron chi connectivity index (χ3n) is 13.2. The van der Waals surface area contributed by atoms with Gasteiger partial charge in [-0.05, 0) is 120 Å². The molecule has 0 spiro atoms. The lowest BCUT2D eigenvalue weighted by Crippen LogP contribution is -2.19. The summed E-state index contributed by atoms with van der Waals surface area (Å²) in [5.41, 5.74) is 3.40. The number of aromatic nitrogens is 8. The van der Waals surface area contributed by atoms with Gasteiger partial charge in [0.25, 0.3) is 0 Å². The molecule has 28 nitrogen and oxygen atoms in total. The van der Waals surface area contributed by atoms with Gasteiger partial charge in [0.1, 0.15) is 45.2 Å². The summed E-state index contributed by atoms with van der Waals surface area (Å²) in [6, 6.07) is 11.5. The van der Waals surface area contributed by atoms with Crippen LogP contribution in [0.15, 0.2) is 67.0 Å². The zero-order chi connectivity index (χ0) is 55.3. The smallest absolute Gasteiger partial charge is 0.299 e. The summed E-state index contributed by atoms with van der Waals surface area (Å²) in [6.07, 6.45) is 11.4. The van der Waals surface area contributed by atoms with E-state index in [1.165, 1.54) is 42.8 Å². The molecule has 10 rings (SSSR count). The van der Waals surface area contributed by atoms with E-state index >= 15 is 0 Å². The van der Waals surface area contributed by atoms with Gasteiger partial charge in [0, 0.05) is 74.1 Å². The number of carbonyl (C=O) groups is 4. The predicted molar refractivity (Wildman–Crippen MR) is 267 cm³/mol. The van der Waals surface area contributed by atoms with Crippen molar-refractivity contribution in [2.24, 2.45) is 17.8 Å². The van der Waals surface area contributed by atoms with Gasteiger partial charge >= 0.3 is 22.7 Å². The highest BCUT2D eigenvalue weighted by Gasteiger charge is 2.28. The highest BCUT2D eigenvalue weighted by Crippen LogP contribution is 2.32. The summed E-state index contributed by atoms with van der Waals surface area (Å²) in [6.45, 7) is 5.51. The van der Waals surface area contributed by atoms with Crippen LogP contribution >= 0.6 is 0 Å². The minimum absolute atomic E-state index is 0.0353. The number of hydrogen-bond acceptors (Lipinski definition) is 24. The lowest BCUT2D eigenvalue weighted by atomic mass is 9.84. The molecule has 0 saturated heterocycles. The molecule has 0 bridgehead atoms. The fourth-order valence-electron chi connectivity index (χ4n) is 9.09. The molecule has 0 atom stereocenters. The highest BCUT2D eigenvalue weighted by molar-refractivity contribution is 5.94. The molecule has 77 heavy (non-hydrogen) atoms. The fourth-order valence-corrected chi connectivity index (χ4v) is 9.09. The molecule has 28 heteroatoms. The SMILES string of the molecule is CC(C)C(=O)Cc1ccc([N+](=O)[O-])c2nonc12.CCCC(=O)Cc1ccc([N+](=O)[O-])c2nonc12.O=C(Cc1ccc([N+](=O)[O-])c2nonc12)C1CCCC1.O=C(Cc1ccc([N+](=O)[O-])c2nonc12)C1CCCCC1. The number of Topliss-reactive ketones (excluding diaryl/α,β-unsaturated/α-hetero) is 4. The Morgan fingerprint density at radius 2 is 0.740 bits per heavy atom. The van der Waals surface area contributed by atoms with Crippen LogP contribution in [0.4, 0.5) is 22.7 Å². The van der Waals surface area contributed by atoms with E-state index in [9.17, 15) is 59.6 Å². The number of non-ortho nitro benzene ring substituents is 4. The molecule has 4 heterocycles. The summed E-state index contributed by atoms with van der Waals surface area (Å²) < 4.78 is 18.2. The largest absolute Gasteiger partial charge is 0.300 e. The summed E-state index contributed by atoms with van der Waals surface area (Å²) in [5, 5.41) is 72.2. The molecule has 0 N–H and O–H groups in total. The van der Waals surface area contributed by atoms with Crippen molar-refractivity contribution in [1.29, 1.82) is 0 Å². The first-order valence-corrected chi connectivity index (χ1v) is 24.6. The minimum Gasteiger partial charge on any atom is -0.299 e. The summed E-state index contributed by atoms with van der Waals surface area (Å²) in [5.74, 6) is 0.552. The molecular formula is C49H50N12O16. The Labute approximate surface area is 433 Å². The molecule has 2 aliphatic rings. The quantitative estimate of drug-likeness (QED) is 0.0605. The first-order chi connectivity index (χ1) is 37.0. The predicted octanol–water partition coefficient (Wildman–Crippen LogP) is 9.20. The molecule has 2 aliphatic carbocycles. The maximum atomic E-state index is 12.3. The molecule has 0 amide bonds. The maximum Gasteiger partial charge on any atom is 0.300 e. The summed E-state index contributed by atoms with van der Waals surface area (Å²) in [4.78, 5) is 89.0. The minimum atomic E-state index is -0.555. The van der Waals surface area contributed by atoms with Gasteiger partial charge in [-0.3, -0.25) is 59.6 Å². The van der Waals surface area contributed by atoms with Crippen LogP contribution in [0.3, 0.4) is 0 Å². The van der Waals surface area contributed by atoms with Gasteiger partial charge in [0.05, 0.1) is 19.7 Å². The zero-order valence-corrected chi connectivity index (χ0v) is 41.9. The highest BCUT2D eigenvalue weighted by atomic mass is 16.6. The van der Waals surface area contributed by atoms with Crippen LogP contribution in [-0.4, -0.2) is 84.1 Å². The van der Waals surface area contributed by atoms with Crippen LogP contribution < -0.4 is 0 Å². The second-order valence-electron chi connectivity index (χ2n) is 18.7.